The van der Waals surface area contributed by atoms with Gasteiger partial charge in [0.2, 0.25) is 0 Å². The molecule has 0 unspecified atom stereocenters. The number of halogens is 1. The molecule has 3 nitrogen and oxygen atoms in total. The SMILES string of the molecule is CC1(C)CCCN(C(=O)c2ccc(N)c(Cl)c2)CC1. The Morgan fingerprint density at radius 1 is 1.32 bits per heavy atom. The summed E-state index contributed by atoms with van der Waals surface area (Å²) < 4.78 is 0. The molecule has 104 valence electrons. The normalized spacial score (nSPS) is 19.0. The van der Waals surface area contributed by atoms with E-state index in [1.807, 2.05) is 4.90 Å². The number of amides is 1. The molecule has 0 spiro atoms. The van der Waals surface area contributed by atoms with Crippen LogP contribution in [0.3, 0.4) is 0 Å². The Hall–Kier alpha value is -1.22. The van der Waals surface area contributed by atoms with Crippen LogP contribution < -0.4 is 5.73 Å². The summed E-state index contributed by atoms with van der Waals surface area (Å²) in [5, 5.41) is 0.445. The number of anilines is 1. The lowest BCUT2D eigenvalue weighted by Crippen LogP contribution is -2.32. The van der Waals surface area contributed by atoms with Gasteiger partial charge in [-0.15, -0.1) is 0 Å². The largest absolute Gasteiger partial charge is 0.398 e. The molecule has 1 fully saturated rings. The van der Waals surface area contributed by atoms with Crippen LogP contribution in [0.2, 0.25) is 5.02 Å². The highest BCUT2D eigenvalue weighted by atomic mass is 35.5. The van der Waals surface area contributed by atoms with Crippen LogP contribution in [0.4, 0.5) is 5.69 Å². The fourth-order valence-corrected chi connectivity index (χ4v) is 2.65. The Kier molecular flexibility index (Phi) is 4.04. The molecule has 19 heavy (non-hydrogen) atoms. The lowest BCUT2D eigenvalue weighted by molar-refractivity contribution is 0.0757. The third kappa shape index (κ3) is 3.41. The number of nitrogens with zero attached hydrogens (tertiary/aromatic N) is 1. The molecule has 1 heterocycles. The van der Waals surface area contributed by atoms with E-state index in [9.17, 15) is 4.79 Å². The van der Waals surface area contributed by atoms with Crippen molar-refractivity contribution >= 4 is 23.2 Å². The Morgan fingerprint density at radius 2 is 2.05 bits per heavy atom. The molecule has 1 aromatic carbocycles. The zero-order chi connectivity index (χ0) is 14.0. The van der Waals surface area contributed by atoms with Crippen molar-refractivity contribution in [2.75, 3.05) is 18.8 Å². The van der Waals surface area contributed by atoms with Crippen LogP contribution in [0.1, 0.15) is 43.5 Å². The smallest absolute Gasteiger partial charge is 0.253 e. The Bertz CT molecular complexity index is 485. The van der Waals surface area contributed by atoms with Crippen LogP contribution in [0.5, 0.6) is 0 Å². The Balaban J connectivity index is 2.13. The van der Waals surface area contributed by atoms with Gasteiger partial charge in [-0.1, -0.05) is 25.4 Å². The first kappa shape index (κ1) is 14.2. The zero-order valence-electron chi connectivity index (χ0n) is 11.6. The van der Waals surface area contributed by atoms with E-state index in [1.165, 1.54) is 6.42 Å². The van der Waals surface area contributed by atoms with Crippen molar-refractivity contribution < 1.29 is 4.79 Å². The van der Waals surface area contributed by atoms with E-state index in [2.05, 4.69) is 13.8 Å². The maximum atomic E-state index is 12.5. The standard InChI is InChI=1S/C15H21ClN2O/c1-15(2)6-3-8-18(9-7-15)14(19)11-4-5-13(17)12(16)10-11/h4-5,10H,3,6-9,17H2,1-2H3. The summed E-state index contributed by atoms with van der Waals surface area (Å²) in [4.78, 5) is 14.4. The van der Waals surface area contributed by atoms with Gasteiger partial charge in [0.05, 0.1) is 10.7 Å². The molecule has 0 aliphatic carbocycles. The lowest BCUT2D eigenvalue weighted by atomic mass is 9.85. The summed E-state index contributed by atoms with van der Waals surface area (Å²) in [5.41, 5.74) is 7.13. The molecule has 0 radical (unpaired) electrons. The van der Waals surface area contributed by atoms with Crippen LogP contribution in [-0.2, 0) is 0 Å². The first-order chi connectivity index (χ1) is 8.89. The molecule has 0 bridgehead atoms. The van der Waals surface area contributed by atoms with E-state index in [0.29, 0.717) is 21.7 Å². The molecule has 2 rings (SSSR count). The highest BCUT2D eigenvalue weighted by Crippen LogP contribution is 2.30. The van der Waals surface area contributed by atoms with Crippen molar-refractivity contribution in [1.29, 1.82) is 0 Å². The molecule has 1 aliphatic rings. The van der Waals surface area contributed by atoms with E-state index >= 15 is 0 Å². The minimum Gasteiger partial charge on any atom is -0.398 e. The molecule has 0 saturated carbocycles. The van der Waals surface area contributed by atoms with Gasteiger partial charge in [0.15, 0.2) is 0 Å². The minimum absolute atomic E-state index is 0.0552. The van der Waals surface area contributed by atoms with Crippen molar-refractivity contribution in [3.8, 4) is 0 Å². The number of nitrogens with two attached hydrogens (primary N) is 1. The number of likely N-dealkylation sites (tertiary alicyclic amines) is 1. The number of carbonyl (C=O) groups is 1. The topological polar surface area (TPSA) is 46.3 Å². The highest BCUT2D eigenvalue weighted by molar-refractivity contribution is 6.33. The molecule has 0 atom stereocenters. The molecule has 1 saturated heterocycles. The second-order valence-electron chi connectivity index (χ2n) is 6.05. The van der Waals surface area contributed by atoms with Crippen LogP contribution >= 0.6 is 11.6 Å². The van der Waals surface area contributed by atoms with E-state index in [1.54, 1.807) is 18.2 Å². The summed E-state index contributed by atoms with van der Waals surface area (Å²) >= 11 is 5.98. The van der Waals surface area contributed by atoms with E-state index in [4.69, 9.17) is 17.3 Å². The van der Waals surface area contributed by atoms with Crippen molar-refractivity contribution in [1.82, 2.24) is 4.90 Å². The number of carbonyl (C=O) groups excluding carboxylic acids is 1. The van der Waals surface area contributed by atoms with Crippen LogP contribution in [-0.4, -0.2) is 23.9 Å². The van der Waals surface area contributed by atoms with Crippen molar-refractivity contribution in [2.45, 2.75) is 33.1 Å². The maximum Gasteiger partial charge on any atom is 0.253 e. The van der Waals surface area contributed by atoms with Crippen LogP contribution in [0.25, 0.3) is 0 Å². The van der Waals surface area contributed by atoms with Gasteiger partial charge in [0, 0.05) is 18.7 Å². The molecular formula is C15H21ClN2O. The van der Waals surface area contributed by atoms with Crippen LogP contribution in [0, 0.1) is 5.41 Å². The third-order valence-corrected chi connectivity index (χ3v) is 4.20. The molecule has 2 N–H and O–H groups in total. The first-order valence-corrected chi connectivity index (χ1v) is 7.11. The summed E-state index contributed by atoms with van der Waals surface area (Å²) in [7, 11) is 0. The van der Waals surface area contributed by atoms with Gasteiger partial charge in [-0.2, -0.15) is 0 Å². The zero-order valence-corrected chi connectivity index (χ0v) is 12.3. The summed E-state index contributed by atoms with van der Waals surface area (Å²) in [6.07, 6.45) is 3.27. The monoisotopic (exact) mass is 280 g/mol. The quantitative estimate of drug-likeness (QED) is 0.799. The van der Waals surface area contributed by atoms with Gasteiger partial charge >= 0.3 is 0 Å². The molecule has 1 aliphatic heterocycles. The average molecular weight is 281 g/mol. The summed E-state index contributed by atoms with van der Waals surface area (Å²) in [5.74, 6) is 0.0552. The summed E-state index contributed by atoms with van der Waals surface area (Å²) in [6.45, 7) is 6.17. The second kappa shape index (κ2) is 5.41. The molecule has 4 heteroatoms. The van der Waals surface area contributed by atoms with E-state index in [-0.39, 0.29) is 5.91 Å². The van der Waals surface area contributed by atoms with Gasteiger partial charge in [0.1, 0.15) is 0 Å². The van der Waals surface area contributed by atoms with Gasteiger partial charge < -0.3 is 10.6 Å². The Labute approximate surface area is 119 Å². The summed E-state index contributed by atoms with van der Waals surface area (Å²) in [6, 6.07) is 5.10. The van der Waals surface area contributed by atoms with Gasteiger partial charge in [-0.3, -0.25) is 4.79 Å². The average Bonchev–Trinajstić information content (AvgIpc) is 2.53. The second-order valence-corrected chi connectivity index (χ2v) is 6.45. The molecule has 1 amide bonds. The van der Waals surface area contributed by atoms with Gasteiger partial charge in [-0.25, -0.2) is 0 Å². The van der Waals surface area contributed by atoms with Crippen LogP contribution in [0.15, 0.2) is 18.2 Å². The predicted molar refractivity (Wildman–Crippen MR) is 79.4 cm³/mol. The van der Waals surface area contributed by atoms with E-state index < -0.39 is 0 Å². The Morgan fingerprint density at radius 3 is 2.74 bits per heavy atom. The van der Waals surface area contributed by atoms with E-state index in [0.717, 1.165) is 25.9 Å². The third-order valence-electron chi connectivity index (χ3n) is 3.87. The lowest BCUT2D eigenvalue weighted by Gasteiger charge is -2.23. The predicted octanol–water partition coefficient (Wildman–Crippen LogP) is 3.57. The fourth-order valence-electron chi connectivity index (χ4n) is 2.47. The minimum atomic E-state index is 0.0552. The molecule has 1 aromatic rings. The first-order valence-electron chi connectivity index (χ1n) is 6.73. The molecular weight excluding hydrogens is 260 g/mol. The number of nitrogen functional groups attached to an aromatic ring is 1. The van der Waals surface area contributed by atoms with Gasteiger partial charge in [-0.05, 0) is 42.9 Å². The van der Waals surface area contributed by atoms with Crippen molar-refractivity contribution in [3.05, 3.63) is 28.8 Å². The highest BCUT2D eigenvalue weighted by Gasteiger charge is 2.26. The number of hydrogen-bond donors (Lipinski definition) is 1. The molecule has 0 aromatic heterocycles. The fraction of sp³-hybridized carbons (Fsp3) is 0.533. The van der Waals surface area contributed by atoms with Crippen molar-refractivity contribution in [3.63, 3.8) is 0 Å². The maximum absolute atomic E-state index is 12.5. The number of hydrogen-bond acceptors (Lipinski definition) is 2. The van der Waals surface area contributed by atoms with Gasteiger partial charge in [0.25, 0.3) is 5.91 Å². The number of rotatable bonds is 1. The van der Waals surface area contributed by atoms with Crippen molar-refractivity contribution in [2.24, 2.45) is 5.41 Å². The number of benzene rings is 1.